The fraction of sp³-hybridized carbons (Fsp3) is 0.750. The molecule has 1 aromatic rings. The van der Waals surface area contributed by atoms with Crippen molar-refractivity contribution in [1.82, 2.24) is 9.78 Å². The Hall–Kier alpha value is -1.19. The Labute approximate surface area is 96.8 Å². The zero-order chi connectivity index (χ0) is 11.7. The molecule has 3 atom stereocenters. The number of anilines is 1. The molecule has 1 aliphatic rings. The van der Waals surface area contributed by atoms with Crippen molar-refractivity contribution in [2.45, 2.75) is 39.2 Å². The number of hydrogen-bond acceptors (Lipinski definition) is 3. The number of nitrogen functional groups attached to an aromatic ring is 1. The summed E-state index contributed by atoms with van der Waals surface area (Å²) >= 11 is 0. The Morgan fingerprint density at radius 1 is 1.38 bits per heavy atom. The molecule has 0 saturated heterocycles. The monoisotopic (exact) mass is 223 g/mol. The number of aromatic nitrogens is 2. The van der Waals surface area contributed by atoms with Gasteiger partial charge in [-0.15, -0.1) is 5.10 Å². The zero-order valence-electron chi connectivity index (χ0n) is 10.3. The summed E-state index contributed by atoms with van der Waals surface area (Å²) in [6.07, 6.45) is 5.52. The van der Waals surface area contributed by atoms with Crippen LogP contribution < -0.4 is 10.5 Å². The van der Waals surface area contributed by atoms with Crippen molar-refractivity contribution >= 4 is 5.69 Å². The zero-order valence-corrected chi connectivity index (χ0v) is 10.3. The van der Waals surface area contributed by atoms with Crippen molar-refractivity contribution in [1.29, 1.82) is 0 Å². The van der Waals surface area contributed by atoms with Gasteiger partial charge in [0.25, 0.3) is 5.88 Å². The second kappa shape index (κ2) is 4.36. The van der Waals surface area contributed by atoms with E-state index in [9.17, 15) is 0 Å². The molecule has 16 heavy (non-hydrogen) atoms. The molecule has 0 spiro atoms. The molecule has 0 aromatic carbocycles. The molecule has 1 aliphatic carbocycles. The summed E-state index contributed by atoms with van der Waals surface area (Å²) in [6.45, 7) is 4.61. The number of hydrogen-bond donors (Lipinski definition) is 1. The van der Waals surface area contributed by atoms with Crippen LogP contribution in [0, 0.1) is 11.8 Å². The van der Waals surface area contributed by atoms with Crippen molar-refractivity contribution < 1.29 is 4.74 Å². The fourth-order valence-electron chi connectivity index (χ4n) is 2.34. The Kier molecular flexibility index (Phi) is 3.08. The van der Waals surface area contributed by atoms with Crippen molar-refractivity contribution in [3.05, 3.63) is 6.20 Å². The van der Waals surface area contributed by atoms with Crippen molar-refractivity contribution in [2.24, 2.45) is 18.9 Å². The highest BCUT2D eigenvalue weighted by atomic mass is 16.5. The normalized spacial score (nSPS) is 30.3. The van der Waals surface area contributed by atoms with Crippen molar-refractivity contribution in [2.75, 3.05) is 5.73 Å². The van der Waals surface area contributed by atoms with Gasteiger partial charge in [-0.25, -0.2) is 0 Å². The van der Waals surface area contributed by atoms with Crippen LogP contribution in [0.5, 0.6) is 5.88 Å². The van der Waals surface area contributed by atoms with E-state index in [0.29, 0.717) is 11.6 Å². The minimum Gasteiger partial charge on any atom is -0.472 e. The topological polar surface area (TPSA) is 53.1 Å². The molecule has 3 unspecified atom stereocenters. The van der Waals surface area contributed by atoms with Crippen LogP contribution >= 0.6 is 0 Å². The van der Waals surface area contributed by atoms with Crippen molar-refractivity contribution in [3.8, 4) is 5.88 Å². The SMILES string of the molecule is CC1CCC(Oc2nn(C)cc2N)CC1C. The van der Waals surface area contributed by atoms with Crippen LogP contribution in [0.3, 0.4) is 0 Å². The summed E-state index contributed by atoms with van der Waals surface area (Å²) in [4.78, 5) is 0. The fourth-order valence-corrected chi connectivity index (χ4v) is 2.34. The molecule has 4 nitrogen and oxygen atoms in total. The Balaban J connectivity index is 1.98. The summed E-state index contributed by atoms with van der Waals surface area (Å²) in [5, 5.41) is 4.22. The number of nitrogens with zero attached hydrogens (tertiary/aromatic N) is 2. The highest BCUT2D eigenvalue weighted by Crippen LogP contribution is 2.32. The molecule has 1 fully saturated rings. The van der Waals surface area contributed by atoms with Crippen LogP contribution in [-0.4, -0.2) is 15.9 Å². The van der Waals surface area contributed by atoms with Gasteiger partial charge in [-0.1, -0.05) is 13.8 Å². The van der Waals surface area contributed by atoms with Crippen LogP contribution in [0.15, 0.2) is 6.20 Å². The van der Waals surface area contributed by atoms with Gasteiger partial charge < -0.3 is 10.5 Å². The molecule has 2 N–H and O–H groups in total. The molecule has 0 aliphatic heterocycles. The molecule has 4 heteroatoms. The lowest BCUT2D eigenvalue weighted by Crippen LogP contribution is -2.29. The molecule has 1 aromatic heterocycles. The first kappa shape index (κ1) is 11.3. The first-order valence-electron chi connectivity index (χ1n) is 6.02. The third-order valence-electron chi connectivity index (χ3n) is 3.65. The summed E-state index contributed by atoms with van der Waals surface area (Å²) in [5.74, 6) is 2.12. The second-order valence-electron chi connectivity index (χ2n) is 5.07. The van der Waals surface area contributed by atoms with E-state index in [-0.39, 0.29) is 6.10 Å². The van der Waals surface area contributed by atoms with Gasteiger partial charge >= 0.3 is 0 Å². The van der Waals surface area contributed by atoms with Gasteiger partial charge in [0.15, 0.2) is 0 Å². The summed E-state index contributed by atoms with van der Waals surface area (Å²) in [5.41, 5.74) is 6.45. The lowest BCUT2D eigenvalue weighted by Gasteiger charge is -2.31. The summed E-state index contributed by atoms with van der Waals surface area (Å²) in [7, 11) is 1.86. The largest absolute Gasteiger partial charge is 0.472 e. The predicted molar refractivity (Wildman–Crippen MR) is 64.2 cm³/mol. The van der Waals surface area contributed by atoms with Gasteiger partial charge in [-0.3, -0.25) is 4.68 Å². The molecular formula is C12H21N3O. The standard InChI is InChI=1S/C12H21N3O/c1-8-4-5-10(6-9(8)2)16-12-11(13)7-15(3)14-12/h7-10H,4-6,13H2,1-3H3. The lowest BCUT2D eigenvalue weighted by molar-refractivity contribution is 0.0965. The predicted octanol–water partition coefficient (Wildman–Crippen LogP) is 2.21. The molecule has 1 saturated carbocycles. The molecular weight excluding hydrogens is 202 g/mol. The maximum atomic E-state index is 5.87. The van der Waals surface area contributed by atoms with Gasteiger partial charge in [-0.2, -0.15) is 0 Å². The Morgan fingerprint density at radius 2 is 2.12 bits per heavy atom. The molecule has 1 heterocycles. The molecule has 0 amide bonds. The van der Waals surface area contributed by atoms with Crippen LogP contribution in [0.25, 0.3) is 0 Å². The van der Waals surface area contributed by atoms with E-state index in [0.717, 1.165) is 24.7 Å². The quantitative estimate of drug-likeness (QED) is 0.836. The summed E-state index contributed by atoms with van der Waals surface area (Å²) in [6, 6.07) is 0. The Morgan fingerprint density at radius 3 is 2.69 bits per heavy atom. The molecule has 2 rings (SSSR count). The molecule has 0 bridgehead atoms. The van der Waals surface area contributed by atoms with E-state index in [2.05, 4.69) is 18.9 Å². The van der Waals surface area contributed by atoms with Gasteiger partial charge in [0, 0.05) is 7.05 Å². The lowest BCUT2D eigenvalue weighted by atomic mass is 9.80. The average molecular weight is 223 g/mol. The van der Waals surface area contributed by atoms with E-state index < -0.39 is 0 Å². The van der Waals surface area contributed by atoms with E-state index in [4.69, 9.17) is 10.5 Å². The van der Waals surface area contributed by atoms with Crippen LogP contribution in [0.4, 0.5) is 5.69 Å². The van der Waals surface area contributed by atoms with Crippen molar-refractivity contribution in [3.63, 3.8) is 0 Å². The highest BCUT2D eigenvalue weighted by molar-refractivity contribution is 5.45. The third-order valence-corrected chi connectivity index (χ3v) is 3.65. The van der Waals surface area contributed by atoms with Crippen LogP contribution in [0.1, 0.15) is 33.1 Å². The minimum absolute atomic E-state index is 0.281. The number of ether oxygens (including phenoxy) is 1. The van der Waals surface area contributed by atoms with E-state index in [1.165, 1.54) is 6.42 Å². The minimum atomic E-state index is 0.281. The first-order chi connectivity index (χ1) is 7.56. The van der Waals surface area contributed by atoms with Gasteiger partial charge in [0.2, 0.25) is 0 Å². The molecule has 0 radical (unpaired) electrons. The van der Waals surface area contributed by atoms with E-state index in [1.54, 1.807) is 10.9 Å². The van der Waals surface area contributed by atoms with Crippen LogP contribution in [0.2, 0.25) is 0 Å². The highest BCUT2D eigenvalue weighted by Gasteiger charge is 2.26. The number of aryl methyl sites for hydroxylation is 1. The maximum absolute atomic E-state index is 5.87. The maximum Gasteiger partial charge on any atom is 0.256 e. The molecule has 90 valence electrons. The van der Waals surface area contributed by atoms with E-state index >= 15 is 0 Å². The van der Waals surface area contributed by atoms with Gasteiger partial charge in [0.05, 0.1) is 6.20 Å². The van der Waals surface area contributed by atoms with Gasteiger partial charge in [-0.05, 0) is 31.1 Å². The number of nitrogens with two attached hydrogens (primary N) is 1. The average Bonchev–Trinajstić information content (AvgIpc) is 2.51. The van der Waals surface area contributed by atoms with Crippen LogP contribution in [-0.2, 0) is 7.05 Å². The van der Waals surface area contributed by atoms with E-state index in [1.807, 2.05) is 7.05 Å². The van der Waals surface area contributed by atoms with Gasteiger partial charge in [0.1, 0.15) is 11.8 Å². The third kappa shape index (κ3) is 2.31. The summed E-state index contributed by atoms with van der Waals surface area (Å²) < 4.78 is 7.56. The first-order valence-corrected chi connectivity index (χ1v) is 6.02. The smallest absolute Gasteiger partial charge is 0.256 e. The Bertz CT molecular complexity index is 361. The second-order valence-corrected chi connectivity index (χ2v) is 5.07. The number of rotatable bonds is 2.